The van der Waals surface area contributed by atoms with Crippen molar-refractivity contribution in [1.82, 2.24) is 20.5 Å². The molecule has 1 aliphatic heterocycles. The van der Waals surface area contributed by atoms with Crippen LogP contribution in [-0.2, 0) is 0 Å². The number of nitrogens with one attached hydrogen (secondary N) is 3. The van der Waals surface area contributed by atoms with Crippen LogP contribution in [0.25, 0.3) is 10.9 Å². The van der Waals surface area contributed by atoms with Gasteiger partial charge >= 0.3 is 6.03 Å². The van der Waals surface area contributed by atoms with Crippen molar-refractivity contribution in [2.24, 2.45) is 0 Å². The number of hydrogen-bond donors (Lipinski definition) is 5. The fraction of sp³-hybridized carbons (Fsp3) is 0.292. The van der Waals surface area contributed by atoms with Crippen molar-refractivity contribution in [1.29, 1.82) is 0 Å². The zero-order chi connectivity index (χ0) is 24.5. The van der Waals surface area contributed by atoms with Gasteiger partial charge in [0.2, 0.25) is 0 Å². The molecule has 0 atom stereocenters. The number of pyridine rings is 1. The molecular weight excluding hydrogens is 454 g/mol. The fourth-order valence-electron chi connectivity index (χ4n) is 3.83. The van der Waals surface area contributed by atoms with E-state index in [4.69, 9.17) is 0 Å². The molecule has 1 saturated heterocycles. The van der Waals surface area contributed by atoms with E-state index in [2.05, 4.69) is 20.3 Å². The minimum absolute atomic E-state index is 0.0446. The highest BCUT2D eigenvalue weighted by Gasteiger charge is 2.32. The Morgan fingerprint density at radius 1 is 1.12 bits per heavy atom. The maximum atomic E-state index is 12.8. The summed E-state index contributed by atoms with van der Waals surface area (Å²) in [6, 6.07) is 13.7. The summed E-state index contributed by atoms with van der Waals surface area (Å²) in [4.78, 5) is 30.9. The Morgan fingerprint density at radius 2 is 1.85 bits per heavy atom. The second kappa shape index (κ2) is 9.49. The summed E-state index contributed by atoms with van der Waals surface area (Å²) in [5.74, 6) is -0.137. The molecule has 3 aromatic rings. The van der Waals surface area contributed by atoms with Crippen molar-refractivity contribution in [3.05, 3.63) is 65.9 Å². The molecule has 0 radical (unpaired) electrons. The predicted molar refractivity (Wildman–Crippen MR) is 134 cm³/mol. The van der Waals surface area contributed by atoms with Gasteiger partial charge < -0.3 is 15.5 Å². The van der Waals surface area contributed by atoms with Gasteiger partial charge in [-0.2, -0.15) is 0 Å². The van der Waals surface area contributed by atoms with E-state index in [9.17, 15) is 18.7 Å². The molecule has 1 fully saturated rings. The lowest BCUT2D eigenvalue weighted by Crippen LogP contribution is -2.62. The quantitative estimate of drug-likeness (QED) is 0.357. The van der Waals surface area contributed by atoms with Gasteiger partial charge in [0.05, 0.1) is 17.2 Å². The highest BCUT2D eigenvalue weighted by molar-refractivity contribution is 8.25. The molecule has 1 aliphatic rings. The van der Waals surface area contributed by atoms with Crippen LogP contribution in [0.2, 0.25) is 0 Å². The molecule has 180 valence electrons. The highest BCUT2D eigenvalue weighted by atomic mass is 32.3. The number of rotatable bonds is 6. The van der Waals surface area contributed by atoms with Crippen LogP contribution in [0.3, 0.4) is 0 Å². The van der Waals surface area contributed by atoms with E-state index in [1.54, 1.807) is 54.4 Å². The maximum Gasteiger partial charge on any atom is 0.315 e. The van der Waals surface area contributed by atoms with Gasteiger partial charge in [0, 0.05) is 36.3 Å². The number of aromatic nitrogens is 1. The minimum atomic E-state index is -3.39. The normalized spacial score (nSPS) is 14.6. The second-order valence-corrected chi connectivity index (χ2v) is 10.4. The lowest BCUT2D eigenvalue weighted by atomic mass is 10.0. The van der Waals surface area contributed by atoms with Gasteiger partial charge in [-0.05, 0) is 56.7 Å². The van der Waals surface area contributed by atoms with Crippen LogP contribution < -0.4 is 15.4 Å². The van der Waals surface area contributed by atoms with E-state index in [0.29, 0.717) is 40.3 Å². The second-order valence-electron chi connectivity index (χ2n) is 8.69. The Kier molecular flexibility index (Phi) is 6.65. The Morgan fingerprint density at radius 3 is 2.56 bits per heavy atom. The number of nitrogens with zero attached hydrogens (tertiary/aromatic N) is 2. The van der Waals surface area contributed by atoms with E-state index < -0.39 is 10.8 Å². The van der Waals surface area contributed by atoms with Crippen molar-refractivity contribution in [3.8, 4) is 0 Å². The van der Waals surface area contributed by atoms with Gasteiger partial charge in [0.1, 0.15) is 4.90 Å². The summed E-state index contributed by atoms with van der Waals surface area (Å²) < 4.78 is 24.6. The van der Waals surface area contributed by atoms with E-state index in [0.717, 1.165) is 5.39 Å². The van der Waals surface area contributed by atoms with Gasteiger partial charge in [-0.25, -0.2) is 4.79 Å². The van der Waals surface area contributed by atoms with E-state index in [1.807, 2.05) is 26.0 Å². The average molecular weight is 484 g/mol. The van der Waals surface area contributed by atoms with E-state index >= 15 is 0 Å². The van der Waals surface area contributed by atoms with E-state index in [-0.39, 0.29) is 24.0 Å². The molecule has 4 rings (SSSR count). The molecule has 0 spiro atoms. The lowest BCUT2D eigenvalue weighted by molar-refractivity contribution is 0.0577. The van der Waals surface area contributed by atoms with Crippen LogP contribution in [-0.4, -0.2) is 56.1 Å². The van der Waals surface area contributed by atoms with Crippen molar-refractivity contribution in [2.75, 3.05) is 17.8 Å². The Hall–Kier alpha value is -3.34. The molecule has 2 aromatic carbocycles. The predicted octanol–water partition coefficient (Wildman–Crippen LogP) is 4.21. The van der Waals surface area contributed by atoms with Crippen LogP contribution in [0, 0.1) is 6.92 Å². The number of amides is 3. The van der Waals surface area contributed by atoms with Gasteiger partial charge in [0.15, 0.2) is 0 Å². The van der Waals surface area contributed by atoms with Crippen LogP contribution in [0.15, 0.2) is 59.6 Å². The zero-order valence-electron chi connectivity index (χ0n) is 19.3. The third kappa shape index (κ3) is 5.09. The monoisotopic (exact) mass is 483 g/mol. The molecular formula is C24H29N5O4S. The van der Waals surface area contributed by atoms with Crippen LogP contribution >= 0.6 is 10.8 Å². The first-order valence-electron chi connectivity index (χ1n) is 11.0. The van der Waals surface area contributed by atoms with Gasteiger partial charge in [-0.1, -0.05) is 29.0 Å². The highest BCUT2D eigenvalue weighted by Crippen LogP contribution is 2.50. The molecule has 0 unspecified atom stereocenters. The maximum absolute atomic E-state index is 12.8. The number of carbonyl (C=O) groups excluding carboxylic acids is 2. The van der Waals surface area contributed by atoms with E-state index in [1.165, 1.54) is 0 Å². The molecule has 0 bridgehead atoms. The van der Waals surface area contributed by atoms with Gasteiger partial charge in [-0.3, -0.25) is 23.6 Å². The first kappa shape index (κ1) is 23.8. The third-order valence-corrected chi connectivity index (χ3v) is 7.00. The molecule has 1 aromatic heterocycles. The summed E-state index contributed by atoms with van der Waals surface area (Å²) >= 11 is 0. The number of benzene rings is 2. The molecule has 10 heteroatoms. The summed E-state index contributed by atoms with van der Waals surface area (Å²) in [6.45, 7) is 6.45. The van der Waals surface area contributed by atoms with Crippen LogP contribution in [0.1, 0.15) is 29.8 Å². The first-order valence-corrected chi connectivity index (χ1v) is 12.6. The Balaban J connectivity index is 1.42. The molecule has 0 saturated carbocycles. The average Bonchev–Trinajstić information content (AvgIpc) is 2.76. The molecule has 0 aliphatic carbocycles. The largest absolute Gasteiger partial charge is 0.336 e. The third-order valence-electron chi connectivity index (χ3n) is 5.55. The number of urea groups is 1. The summed E-state index contributed by atoms with van der Waals surface area (Å²) in [5, 5.41) is 6.42. The summed E-state index contributed by atoms with van der Waals surface area (Å²) in [6.07, 6.45) is 1.61. The molecule has 3 amide bonds. The molecule has 34 heavy (non-hydrogen) atoms. The summed E-state index contributed by atoms with van der Waals surface area (Å²) in [5.41, 5.74) is 2.23. The van der Waals surface area contributed by atoms with Gasteiger partial charge in [-0.15, -0.1) is 0 Å². The number of likely N-dealkylation sites (tertiary alicyclic amines) is 1. The Bertz CT molecular complexity index is 1220. The zero-order valence-corrected chi connectivity index (χ0v) is 20.1. The van der Waals surface area contributed by atoms with Crippen LogP contribution in [0.5, 0.6) is 0 Å². The summed E-state index contributed by atoms with van der Waals surface area (Å²) in [7, 11) is -3.39. The van der Waals surface area contributed by atoms with Crippen molar-refractivity contribution in [3.63, 3.8) is 0 Å². The molecule has 9 nitrogen and oxygen atoms in total. The number of fused-ring (bicyclic) bond motifs is 1. The first-order chi connectivity index (χ1) is 16.1. The number of carbonyl (C=O) groups is 2. The molecule has 2 heterocycles. The Labute approximate surface area is 200 Å². The van der Waals surface area contributed by atoms with Crippen molar-refractivity contribution < 1.29 is 18.7 Å². The topological polar surface area (TPSA) is 127 Å². The van der Waals surface area contributed by atoms with Crippen molar-refractivity contribution >= 4 is 39.3 Å². The minimum Gasteiger partial charge on any atom is -0.336 e. The standard InChI is InChI=1S/C24H29N5O4S/c1-15(2)26-24(31)27-19-13-29(14-19)23(30)18-9-10-20(16(3)12-18)28-34(32,33)21-8-4-6-17-7-5-11-25-22(17)21/h4-12,15,19,28,32-33H,13-14H2,1-3H3,(H2,26,27,31). The van der Waals surface area contributed by atoms with Crippen LogP contribution in [0.4, 0.5) is 10.5 Å². The number of para-hydroxylation sites is 1. The fourth-order valence-corrected chi connectivity index (χ4v) is 5.19. The lowest BCUT2D eigenvalue weighted by Gasteiger charge is -2.39. The smallest absolute Gasteiger partial charge is 0.315 e. The van der Waals surface area contributed by atoms with Crippen molar-refractivity contribution in [2.45, 2.75) is 37.8 Å². The number of hydrogen-bond acceptors (Lipinski definition) is 6. The molecule has 5 N–H and O–H groups in total. The number of anilines is 1. The van der Waals surface area contributed by atoms with Gasteiger partial charge in [0.25, 0.3) is 5.91 Å². The number of aryl methyl sites for hydroxylation is 1. The SMILES string of the molecule is Cc1cc(C(=O)N2CC(NC(=O)NC(C)C)C2)ccc1NS(O)(O)c1cccc2cccnc12.